The van der Waals surface area contributed by atoms with Crippen LogP contribution in [0.1, 0.15) is 62.4 Å². The summed E-state index contributed by atoms with van der Waals surface area (Å²) in [6.07, 6.45) is 5.54. The molecule has 4 amide bonds. The van der Waals surface area contributed by atoms with Crippen LogP contribution < -0.4 is 10.6 Å². The summed E-state index contributed by atoms with van der Waals surface area (Å²) in [6, 6.07) is 4.97. The Kier molecular flexibility index (Phi) is 7.87. The zero-order valence-electron chi connectivity index (χ0n) is 20.9. The number of aromatic nitrogens is 1. The van der Waals surface area contributed by atoms with Gasteiger partial charge in [-0.15, -0.1) is 0 Å². The average molecular weight is 495 g/mol. The number of rotatable bonds is 2. The van der Waals surface area contributed by atoms with Crippen molar-refractivity contribution in [1.29, 1.82) is 5.26 Å². The van der Waals surface area contributed by atoms with Gasteiger partial charge in [-0.3, -0.25) is 24.2 Å². The molecule has 0 saturated carbocycles. The molecule has 3 saturated heterocycles. The van der Waals surface area contributed by atoms with Gasteiger partial charge in [0, 0.05) is 31.7 Å². The molecule has 0 spiro atoms. The number of hydrogen-bond donors (Lipinski definition) is 2. The van der Waals surface area contributed by atoms with Crippen molar-refractivity contribution in [1.82, 2.24) is 25.4 Å². The Hall–Kier alpha value is -3.48. The van der Waals surface area contributed by atoms with Crippen LogP contribution in [0.3, 0.4) is 0 Å². The lowest BCUT2D eigenvalue weighted by Gasteiger charge is -2.42. The molecular weight excluding hydrogens is 460 g/mol. The van der Waals surface area contributed by atoms with E-state index in [4.69, 9.17) is 0 Å². The highest BCUT2D eigenvalue weighted by Crippen LogP contribution is 2.30. The van der Waals surface area contributed by atoms with Crippen molar-refractivity contribution >= 4 is 23.6 Å². The number of amides is 4. The van der Waals surface area contributed by atoms with Crippen molar-refractivity contribution in [3.63, 3.8) is 0 Å². The molecule has 1 unspecified atom stereocenters. The Morgan fingerprint density at radius 2 is 1.92 bits per heavy atom. The molecule has 4 bridgehead atoms. The van der Waals surface area contributed by atoms with Crippen molar-refractivity contribution in [3.8, 4) is 6.07 Å². The molecule has 1 aromatic rings. The van der Waals surface area contributed by atoms with E-state index in [1.165, 1.54) is 11.1 Å². The Labute approximate surface area is 211 Å². The minimum absolute atomic E-state index is 0.00985. The predicted octanol–water partition coefficient (Wildman–Crippen LogP) is 1.24. The van der Waals surface area contributed by atoms with Gasteiger partial charge in [0.05, 0.1) is 6.07 Å². The number of nitriles is 1. The largest absolute Gasteiger partial charge is 0.353 e. The molecule has 6 atom stereocenters. The number of carbonyl (C=O) groups is 4. The van der Waals surface area contributed by atoms with Gasteiger partial charge < -0.3 is 20.4 Å². The van der Waals surface area contributed by atoms with Gasteiger partial charge in [0.25, 0.3) is 5.91 Å². The zero-order valence-corrected chi connectivity index (χ0v) is 20.9. The Morgan fingerprint density at radius 3 is 2.64 bits per heavy atom. The number of nitrogens with one attached hydrogen (secondary N) is 2. The third kappa shape index (κ3) is 5.50. The Balaban J connectivity index is 1.61. The summed E-state index contributed by atoms with van der Waals surface area (Å²) in [5.41, 5.74) is 0.217. The quantitative estimate of drug-likeness (QED) is 0.635. The molecule has 3 fully saturated rings. The molecule has 0 aliphatic carbocycles. The average Bonchev–Trinajstić information content (AvgIpc) is 3.23. The van der Waals surface area contributed by atoms with E-state index in [2.05, 4.69) is 21.7 Å². The second kappa shape index (κ2) is 11.1. The van der Waals surface area contributed by atoms with Crippen LogP contribution in [0.5, 0.6) is 0 Å². The molecule has 3 aliphatic heterocycles. The minimum atomic E-state index is -0.814. The number of carbonyl (C=O) groups excluding carboxylic acids is 4. The number of piperidine rings is 1. The number of nitrogens with zero attached hydrogens (tertiary/aromatic N) is 4. The molecule has 4 rings (SSSR count). The highest BCUT2D eigenvalue weighted by atomic mass is 16.2. The Bertz CT molecular complexity index is 1040. The van der Waals surface area contributed by atoms with E-state index < -0.39 is 24.0 Å². The van der Waals surface area contributed by atoms with E-state index in [-0.39, 0.29) is 41.3 Å². The van der Waals surface area contributed by atoms with Gasteiger partial charge in [0.15, 0.2) is 0 Å². The first-order valence-electron chi connectivity index (χ1n) is 12.8. The molecule has 192 valence electrons. The lowest BCUT2D eigenvalue weighted by Crippen LogP contribution is -2.60. The fourth-order valence-electron chi connectivity index (χ4n) is 5.64. The van der Waals surface area contributed by atoms with Crippen LogP contribution in [0, 0.1) is 23.2 Å². The van der Waals surface area contributed by atoms with Gasteiger partial charge in [-0.2, -0.15) is 5.26 Å². The van der Waals surface area contributed by atoms with Crippen LogP contribution in [-0.4, -0.2) is 76.2 Å². The zero-order chi connectivity index (χ0) is 25.8. The first-order valence-corrected chi connectivity index (χ1v) is 12.8. The van der Waals surface area contributed by atoms with E-state index in [0.717, 1.165) is 12.8 Å². The van der Waals surface area contributed by atoms with Crippen LogP contribution in [0.25, 0.3) is 0 Å². The standard InChI is InChI=1S/C26H34N6O4/c1-16-11-22-26(36)32(15-16)19(14-27)13-17-12-18(29-23(17)33)7-3-4-9-21(25(35)31(22)2)30-24(34)20-8-5-6-10-28-20/h5-6,8,10,16-19,21-22H,3-4,7,9,11-13,15H2,1-2H3,(H,29,33)(H,30,34)/t16?,17-,18+,19-,21-,22-/m0/s1. The lowest BCUT2D eigenvalue weighted by atomic mass is 9.89. The van der Waals surface area contributed by atoms with Crippen molar-refractivity contribution in [2.45, 2.75) is 76.0 Å². The maximum absolute atomic E-state index is 13.6. The van der Waals surface area contributed by atoms with Crippen LogP contribution in [0.15, 0.2) is 24.4 Å². The smallest absolute Gasteiger partial charge is 0.270 e. The summed E-state index contributed by atoms with van der Waals surface area (Å²) in [5.74, 6) is -1.35. The summed E-state index contributed by atoms with van der Waals surface area (Å²) in [7, 11) is 1.59. The van der Waals surface area contributed by atoms with E-state index >= 15 is 0 Å². The number of hydrogen-bond acceptors (Lipinski definition) is 6. The van der Waals surface area contributed by atoms with E-state index in [1.54, 1.807) is 30.1 Å². The molecule has 4 heterocycles. The Morgan fingerprint density at radius 1 is 1.14 bits per heavy atom. The molecule has 1 aromatic heterocycles. The topological polar surface area (TPSA) is 136 Å². The minimum Gasteiger partial charge on any atom is -0.353 e. The summed E-state index contributed by atoms with van der Waals surface area (Å²) < 4.78 is 0. The molecule has 2 N–H and O–H groups in total. The summed E-state index contributed by atoms with van der Waals surface area (Å²) in [4.78, 5) is 59.7. The maximum Gasteiger partial charge on any atom is 0.270 e. The van der Waals surface area contributed by atoms with Crippen molar-refractivity contribution in [3.05, 3.63) is 30.1 Å². The summed E-state index contributed by atoms with van der Waals surface area (Å²) >= 11 is 0. The maximum atomic E-state index is 13.6. The van der Waals surface area contributed by atoms with Gasteiger partial charge in [-0.05, 0) is 50.2 Å². The van der Waals surface area contributed by atoms with Gasteiger partial charge in [-0.1, -0.05) is 25.8 Å². The van der Waals surface area contributed by atoms with Crippen LogP contribution >= 0.6 is 0 Å². The second-order valence-corrected chi connectivity index (χ2v) is 10.3. The molecule has 0 aromatic carbocycles. The summed E-state index contributed by atoms with van der Waals surface area (Å²) in [5, 5.41) is 15.8. The highest BCUT2D eigenvalue weighted by Gasteiger charge is 2.43. The normalized spacial score (nSPS) is 31.6. The fourth-order valence-corrected chi connectivity index (χ4v) is 5.64. The van der Waals surface area contributed by atoms with Gasteiger partial charge in [0.1, 0.15) is 23.8 Å². The van der Waals surface area contributed by atoms with E-state index in [1.807, 2.05) is 6.92 Å². The van der Waals surface area contributed by atoms with Gasteiger partial charge in [-0.25, -0.2) is 0 Å². The van der Waals surface area contributed by atoms with E-state index in [0.29, 0.717) is 38.6 Å². The SMILES string of the molecule is CC1C[C@H]2C(=O)N(C1)[C@H](C#N)C[C@@H]1C[C@@H](CCCC[C@H](NC(=O)c3ccccn3)C(=O)N2C)NC1=O. The van der Waals surface area contributed by atoms with E-state index in [9.17, 15) is 24.4 Å². The van der Waals surface area contributed by atoms with Crippen molar-refractivity contribution in [2.24, 2.45) is 11.8 Å². The molecule has 3 aliphatic rings. The third-order valence-electron chi connectivity index (χ3n) is 7.63. The predicted molar refractivity (Wildman–Crippen MR) is 130 cm³/mol. The van der Waals surface area contributed by atoms with Crippen molar-refractivity contribution in [2.75, 3.05) is 13.6 Å². The molecule has 10 nitrogen and oxygen atoms in total. The van der Waals surface area contributed by atoms with Crippen molar-refractivity contribution < 1.29 is 19.2 Å². The van der Waals surface area contributed by atoms with Crippen LogP contribution in [0.2, 0.25) is 0 Å². The molecular formula is C26H34N6O4. The number of fused-ring (bicyclic) bond motifs is 4. The monoisotopic (exact) mass is 494 g/mol. The first-order chi connectivity index (χ1) is 17.3. The van der Waals surface area contributed by atoms with Gasteiger partial charge in [0.2, 0.25) is 17.7 Å². The van der Waals surface area contributed by atoms with Crippen LogP contribution in [-0.2, 0) is 14.4 Å². The molecule has 0 radical (unpaired) electrons. The number of pyridine rings is 1. The fraction of sp³-hybridized carbons (Fsp3) is 0.615. The number of likely N-dealkylation sites (N-methyl/N-ethyl adjacent to an activating group) is 1. The van der Waals surface area contributed by atoms with Gasteiger partial charge >= 0.3 is 0 Å². The highest BCUT2D eigenvalue weighted by molar-refractivity contribution is 5.97. The first kappa shape index (κ1) is 25.6. The summed E-state index contributed by atoms with van der Waals surface area (Å²) in [6.45, 7) is 2.40. The molecule has 10 heteroatoms. The van der Waals surface area contributed by atoms with Crippen LogP contribution in [0.4, 0.5) is 0 Å². The third-order valence-corrected chi connectivity index (χ3v) is 7.63. The molecule has 36 heavy (non-hydrogen) atoms. The second-order valence-electron chi connectivity index (χ2n) is 10.3. The lowest BCUT2D eigenvalue weighted by molar-refractivity contribution is -0.151.